The van der Waals surface area contributed by atoms with Crippen molar-refractivity contribution in [2.75, 3.05) is 6.61 Å². The molecule has 56 heavy (non-hydrogen) atoms. The molecule has 2 fully saturated rings. The highest BCUT2D eigenvalue weighted by Crippen LogP contribution is 2.40. The van der Waals surface area contributed by atoms with E-state index in [0.29, 0.717) is 34.2 Å². The minimum absolute atomic E-state index is 0. The maximum Gasteiger partial charge on any atom is 0.360 e. The average molecular weight is 836 g/mol. The summed E-state index contributed by atoms with van der Waals surface area (Å²) in [4.78, 5) is 26.4. The summed E-state index contributed by atoms with van der Waals surface area (Å²) in [5.74, 6) is 0.364. The molecule has 6 aromatic rings. The molecule has 0 atom stereocenters. The van der Waals surface area contributed by atoms with Gasteiger partial charge in [0.1, 0.15) is 0 Å². The molecule has 2 aliphatic rings. The second kappa shape index (κ2) is 19.9. The molecule has 296 valence electrons. The number of carbonyl (C=O) groups is 2. The lowest BCUT2D eigenvalue weighted by molar-refractivity contribution is 0.0520. The third kappa shape index (κ3) is 10.1. The van der Waals surface area contributed by atoms with Crippen molar-refractivity contribution >= 4 is 77.9 Å². The Morgan fingerprint density at radius 1 is 0.679 bits per heavy atom. The molecule has 2 aromatic carbocycles. The van der Waals surface area contributed by atoms with Crippen molar-refractivity contribution in [3.8, 4) is 20.9 Å². The minimum atomic E-state index is -0.531. The number of fused-ring (bicyclic) bond motifs is 2. The fraction of sp³-hybridized carbons (Fsp3) is 0.381. The van der Waals surface area contributed by atoms with E-state index >= 15 is 0 Å². The molecule has 14 heteroatoms. The van der Waals surface area contributed by atoms with Crippen LogP contribution in [0.15, 0.2) is 60.7 Å². The van der Waals surface area contributed by atoms with E-state index in [1.807, 2.05) is 48.5 Å². The number of nitrogens with two attached hydrogens (primary N) is 1. The molecule has 0 spiro atoms. The van der Waals surface area contributed by atoms with E-state index in [4.69, 9.17) is 33.7 Å². The van der Waals surface area contributed by atoms with Crippen molar-refractivity contribution < 1.29 is 19.8 Å². The predicted octanol–water partition coefficient (Wildman–Crippen LogP) is 10.9. The molecule has 4 heterocycles. The largest absolute Gasteiger partial charge is 0.461 e. The molecule has 0 radical (unpaired) electrons. The fourth-order valence-corrected chi connectivity index (χ4v) is 10.2. The van der Waals surface area contributed by atoms with Gasteiger partial charge in [-0.1, -0.05) is 112 Å². The van der Waals surface area contributed by atoms with Gasteiger partial charge in [-0.05, 0) is 79.1 Å². The summed E-state index contributed by atoms with van der Waals surface area (Å²) in [6.07, 6.45) is 14.7. The number of rotatable bonds is 9. The number of hydrogen-bond donors (Lipinski definition) is 2. The topological polar surface area (TPSA) is 187 Å². The Balaban J connectivity index is 0.000000207. The minimum Gasteiger partial charge on any atom is -0.461 e. The lowest BCUT2D eigenvalue weighted by atomic mass is 9.85. The number of thiophene rings is 2. The molecule has 0 bridgehead atoms. The molecular formula is C42H48Cl2N6O4S2. The molecule has 7 N–H and O–H groups in total. The summed E-state index contributed by atoms with van der Waals surface area (Å²) < 4.78 is 6.91. The van der Waals surface area contributed by atoms with Crippen molar-refractivity contribution in [1.29, 1.82) is 0 Å². The van der Waals surface area contributed by atoms with Crippen LogP contribution in [0.4, 0.5) is 0 Å². The van der Waals surface area contributed by atoms with E-state index in [0.717, 1.165) is 65.3 Å². The maximum atomic E-state index is 12.4. The predicted molar refractivity (Wildman–Crippen MR) is 229 cm³/mol. The van der Waals surface area contributed by atoms with Crippen LogP contribution in [0, 0.1) is 11.8 Å². The van der Waals surface area contributed by atoms with Gasteiger partial charge in [-0.2, -0.15) is 10.2 Å². The Hall–Kier alpha value is -4.04. The number of carbonyl (C=O) groups excluding carboxylic acids is 2. The van der Waals surface area contributed by atoms with Crippen LogP contribution in [0.5, 0.6) is 0 Å². The highest BCUT2D eigenvalue weighted by molar-refractivity contribution is 7.23. The molecule has 0 unspecified atom stereocenters. The Morgan fingerprint density at radius 2 is 1.09 bits per heavy atom. The summed E-state index contributed by atoms with van der Waals surface area (Å²) in [7, 11) is 0. The molecule has 0 aliphatic heterocycles. The summed E-state index contributed by atoms with van der Waals surface area (Å²) in [6.45, 7) is 2.12. The van der Waals surface area contributed by atoms with Crippen molar-refractivity contribution in [2.24, 2.45) is 17.6 Å². The molecule has 8 rings (SSSR count). The van der Waals surface area contributed by atoms with Crippen LogP contribution in [-0.4, -0.2) is 44.4 Å². The average Bonchev–Trinajstić information content (AvgIpc) is 3.84. The molecular weight excluding hydrogens is 788 g/mol. The molecule has 2 saturated carbocycles. The van der Waals surface area contributed by atoms with Gasteiger partial charge in [0.2, 0.25) is 0 Å². The SMILES string of the molecule is CCOC(=O)c1nnc(CC2CCCCC2)c2cc(-c3ccc(Cl)cc3)sc12.N.NC(=O)c1nnc(CC2CCCCC2)c2cc(-c3ccc(Cl)cc3)sc12.O. The number of ether oxygens (including phenoxy) is 1. The summed E-state index contributed by atoms with van der Waals surface area (Å²) >= 11 is 15.1. The van der Waals surface area contributed by atoms with Crippen LogP contribution < -0.4 is 11.9 Å². The van der Waals surface area contributed by atoms with Crippen LogP contribution in [0.1, 0.15) is 103 Å². The first-order valence-corrected chi connectivity index (χ1v) is 21.2. The number of benzene rings is 2. The highest BCUT2D eigenvalue weighted by Gasteiger charge is 2.24. The molecule has 1 amide bonds. The second-order valence-electron chi connectivity index (χ2n) is 14.2. The smallest absolute Gasteiger partial charge is 0.360 e. The quantitative estimate of drug-likeness (QED) is 0.135. The van der Waals surface area contributed by atoms with Gasteiger partial charge in [0.05, 0.1) is 27.4 Å². The van der Waals surface area contributed by atoms with E-state index in [9.17, 15) is 9.59 Å². The van der Waals surface area contributed by atoms with E-state index in [-0.39, 0.29) is 17.3 Å². The van der Waals surface area contributed by atoms with E-state index in [2.05, 4.69) is 32.5 Å². The van der Waals surface area contributed by atoms with Crippen LogP contribution in [0.2, 0.25) is 10.0 Å². The number of halogens is 2. The van der Waals surface area contributed by atoms with Crippen LogP contribution in [0.25, 0.3) is 41.1 Å². The Labute approximate surface area is 345 Å². The third-order valence-corrected chi connectivity index (χ3v) is 13.3. The van der Waals surface area contributed by atoms with E-state index in [1.54, 1.807) is 29.6 Å². The fourth-order valence-electron chi connectivity index (χ4n) is 7.62. The lowest BCUT2D eigenvalue weighted by Gasteiger charge is -2.21. The van der Waals surface area contributed by atoms with Gasteiger partial charge in [-0.15, -0.1) is 32.9 Å². The van der Waals surface area contributed by atoms with Gasteiger partial charge >= 0.3 is 5.97 Å². The van der Waals surface area contributed by atoms with Gasteiger partial charge in [-0.3, -0.25) is 4.79 Å². The maximum absolute atomic E-state index is 12.4. The Kier molecular flexibility index (Phi) is 15.3. The lowest BCUT2D eigenvalue weighted by Crippen LogP contribution is -2.16. The molecule has 4 aromatic heterocycles. The number of amides is 1. The van der Waals surface area contributed by atoms with Gasteiger partial charge in [0, 0.05) is 30.6 Å². The highest BCUT2D eigenvalue weighted by atomic mass is 35.5. The number of nitrogens with zero attached hydrogens (tertiary/aromatic N) is 4. The number of aromatic nitrogens is 4. The summed E-state index contributed by atoms with van der Waals surface area (Å²) in [5, 5.41) is 20.7. The van der Waals surface area contributed by atoms with Crippen LogP contribution in [0.3, 0.4) is 0 Å². The van der Waals surface area contributed by atoms with Gasteiger partial charge < -0.3 is 22.1 Å². The van der Waals surface area contributed by atoms with Crippen molar-refractivity contribution in [3.63, 3.8) is 0 Å². The second-order valence-corrected chi connectivity index (χ2v) is 17.2. The van der Waals surface area contributed by atoms with Crippen molar-refractivity contribution in [2.45, 2.75) is 84.0 Å². The first-order valence-electron chi connectivity index (χ1n) is 18.8. The van der Waals surface area contributed by atoms with Gasteiger partial charge in [-0.25, -0.2) is 4.79 Å². The number of primary amides is 1. The van der Waals surface area contributed by atoms with Crippen LogP contribution in [-0.2, 0) is 17.6 Å². The van der Waals surface area contributed by atoms with Gasteiger partial charge in [0.15, 0.2) is 11.4 Å². The van der Waals surface area contributed by atoms with Crippen LogP contribution >= 0.6 is 45.9 Å². The van der Waals surface area contributed by atoms with E-state index < -0.39 is 11.9 Å². The van der Waals surface area contributed by atoms with Crippen molar-refractivity contribution in [1.82, 2.24) is 26.5 Å². The number of hydrogen-bond acceptors (Lipinski definition) is 10. The zero-order valence-electron chi connectivity index (χ0n) is 31.5. The first kappa shape index (κ1) is 43.1. The number of esters is 1. The summed E-state index contributed by atoms with van der Waals surface area (Å²) in [6, 6.07) is 19.7. The zero-order chi connectivity index (χ0) is 37.6. The van der Waals surface area contributed by atoms with E-state index in [1.165, 1.54) is 64.2 Å². The normalized spacial score (nSPS) is 14.7. The summed E-state index contributed by atoms with van der Waals surface area (Å²) in [5.41, 5.74) is 10.2. The standard InChI is InChI=1S/C22H23ClN2O2S.C20H20ClN3OS.H3N.H2O/c1-2-27-22(26)20-21-17(13-19(28-21)15-8-10-16(23)11-9-15)18(24-25-20)12-14-6-4-3-5-7-14;21-14-8-6-13(7-9-14)17-11-15-16(10-12-4-2-1-3-5-12)23-24-18(20(22)25)19(15)26-17;;/h8-11,13-14H,2-7,12H2,1H3;6-9,11-12H,1-5,10H2,(H2,22,25);1H3;1H2. The van der Waals surface area contributed by atoms with Crippen molar-refractivity contribution in [3.05, 3.63) is 93.5 Å². The first-order chi connectivity index (χ1) is 26.3. The molecule has 10 nitrogen and oxygen atoms in total. The molecule has 2 aliphatic carbocycles. The molecule has 0 saturated heterocycles. The Bertz CT molecular complexity index is 2250. The Morgan fingerprint density at radius 3 is 1.50 bits per heavy atom. The van der Waals surface area contributed by atoms with Gasteiger partial charge in [0.25, 0.3) is 5.91 Å². The monoisotopic (exact) mass is 834 g/mol. The third-order valence-electron chi connectivity index (χ3n) is 10.4. The zero-order valence-corrected chi connectivity index (χ0v) is 34.6.